The molecule has 4 rings (SSSR count). The van der Waals surface area contributed by atoms with E-state index in [9.17, 15) is 18.7 Å². The molecule has 1 fully saturated rings. The minimum atomic E-state index is -1.60. The van der Waals surface area contributed by atoms with Crippen LogP contribution in [0.2, 0.25) is 0 Å². The van der Waals surface area contributed by atoms with Crippen LogP contribution in [0.25, 0.3) is 0 Å². The molecule has 0 spiro atoms. The van der Waals surface area contributed by atoms with Crippen LogP contribution < -0.4 is 19.7 Å². The normalized spacial score (nSPS) is 22.7. The molecular weight excluding hydrogens is 442 g/mol. The Morgan fingerprint density at radius 2 is 1.97 bits per heavy atom. The van der Waals surface area contributed by atoms with Crippen LogP contribution in [-0.4, -0.2) is 49.6 Å². The number of carbonyl (C=O) groups is 1. The number of fused-ring (bicyclic) bond motifs is 1. The summed E-state index contributed by atoms with van der Waals surface area (Å²) < 4.78 is 40.0. The molecule has 0 radical (unpaired) electrons. The summed E-state index contributed by atoms with van der Waals surface area (Å²) in [5.74, 6) is 0.355. The predicted molar refractivity (Wildman–Crippen MR) is 119 cm³/mol. The molecule has 32 heavy (non-hydrogen) atoms. The minimum absolute atomic E-state index is 0. The molecule has 6 nitrogen and oxygen atoms in total. The predicted octanol–water partition coefficient (Wildman–Crippen LogP) is 3.18. The molecule has 0 aromatic heterocycles. The first-order valence-electron chi connectivity index (χ1n) is 10.4. The number of rotatable bonds is 6. The number of alkyl halides is 1. The molecule has 0 aliphatic carbocycles. The van der Waals surface area contributed by atoms with E-state index in [4.69, 9.17) is 9.47 Å². The maximum Gasteiger partial charge on any atom is 0.227 e. The molecule has 0 saturated carbocycles. The fraction of sp³-hybridized carbons (Fsp3) is 0.435. The van der Waals surface area contributed by atoms with Crippen molar-refractivity contribution in [3.8, 4) is 11.5 Å². The van der Waals surface area contributed by atoms with Crippen LogP contribution in [0.15, 0.2) is 36.4 Å². The number of piperidine rings is 1. The van der Waals surface area contributed by atoms with Gasteiger partial charge in [-0.3, -0.25) is 4.79 Å². The first-order valence-corrected chi connectivity index (χ1v) is 10.4. The number of halogens is 3. The minimum Gasteiger partial charge on any atom is -0.497 e. The Labute approximate surface area is 191 Å². The highest BCUT2D eigenvalue weighted by atomic mass is 35.5. The first-order chi connectivity index (χ1) is 14.9. The van der Waals surface area contributed by atoms with Crippen molar-refractivity contribution in [1.82, 2.24) is 5.32 Å². The van der Waals surface area contributed by atoms with Gasteiger partial charge in [0.05, 0.1) is 19.3 Å². The van der Waals surface area contributed by atoms with Gasteiger partial charge in [0.2, 0.25) is 5.91 Å². The molecule has 2 unspecified atom stereocenters. The number of anilines is 1. The Kier molecular flexibility index (Phi) is 7.59. The standard InChI is InChI=1S/C23H26F2N2O4.ClH/c1-30-16-4-2-15(3-5-16)13-27-21(28)9-6-17-19(8-7-18(24)22(17)27)31-14-23(29)10-11-26-12-20(23)25;/h2-5,7-8,20,26,29H,6,9-14H2,1H3;1H. The van der Waals surface area contributed by atoms with Gasteiger partial charge in [-0.2, -0.15) is 0 Å². The number of ether oxygens (including phenoxy) is 2. The smallest absolute Gasteiger partial charge is 0.227 e. The molecular formula is C23H27ClF2N2O4. The van der Waals surface area contributed by atoms with E-state index in [1.165, 1.54) is 17.0 Å². The molecule has 1 saturated heterocycles. The van der Waals surface area contributed by atoms with Gasteiger partial charge in [-0.05, 0) is 49.2 Å². The van der Waals surface area contributed by atoms with Crippen molar-refractivity contribution in [1.29, 1.82) is 0 Å². The van der Waals surface area contributed by atoms with E-state index in [-0.39, 0.29) is 56.5 Å². The molecule has 0 bridgehead atoms. The van der Waals surface area contributed by atoms with E-state index in [1.54, 1.807) is 19.2 Å². The lowest BCUT2D eigenvalue weighted by Gasteiger charge is -2.36. The van der Waals surface area contributed by atoms with Gasteiger partial charge in [-0.25, -0.2) is 8.78 Å². The van der Waals surface area contributed by atoms with Crippen LogP contribution in [0.1, 0.15) is 24.0 Å². The van der Waals surface area contributed by atoms with Gasteiger partial charge < -0.3 is 24.8 Å². The fourth-order valence-corrected chi connectivity index (χ4v) is 4.08. The average Bonchev–Trinajstić information content (AvgIpc) is 2.78. The summed E-state index contributed by atoms with van der Waals surface area (Å²) in [5.41, 5.74) is -0.0310. The number of nitrogens with zero attached hydrogens (tertiary/aromatic N) is 1. The molecule has 174 valence electrons. The van der Waals surface area contributed by atoms with E-state index >= 15 is 0 Å². The quantitative estimate of drug-likeness (QED) is 0.681. The SMILES string of the molecule is COc1ccc(CN2C(=O)CCc3c(OCC4(O)CCNCC4F)ccc(F)c32)cc1.Cl. The van der Waals surface area contributed by atoms with E-state index in [1.807, 2.05) is 12.1 Å². The zero-order valence-corrected chi connectivity index (χ0v) is 18.6. The van der Waals surface area contributed by atoms with Crippen LogP contribution in [0.3, 0.4) is 0 Å². The average molecular weight is 469 g/mol. The third kappa shape index (κ3) is 4.82. The Balaban J connectivity index is 0.00000289. The third-order valence-electron chi connectivity index (χ3n) is 5.97. The van der Waals surface area contributed by atoms with Gasteiger partial charge in [0.15, 0.2) is 0 Å². The van der Waals surface area contributed by atoms with Crippen LogP contribution in [-0.2, 0) is 17.8 Å². The highest BCUT2D eigenvalue weighted by Crippen LogP contribution is 2.38. The van der Waals surface area contributed by atoms with Crippen molar-refractivity contribution in [2.75, 3.05) is 31.7 Å². The molecule has 9 heteroatoms. The van der Waals surface area contributed by atoms with Crippen molar-refractivity contribution in [2.45, 2.75) is 37.6 Å². The van der Waals surface area contributed by atoms with Crippen molar-refractivity contribution < 1.29 is 28.2 Å². The number of amides is 1. The van der Waals surface area contributed by atoms with Crippen LogP contribution in [0.5, 0.6) is 11.5 Å². The van der Waals surface area contributed by atoms with Crippen LogP contribution >= 0.6 is 12.4 Å². The fourth-order valence-electron chi connectivity index (χ4n) is 4.08. The summed E-state index contributed by atoms with van der Waals surface area (Å²) in [6.45, 7) is 0.524. The molecule has 2 heterocycles. The van der Waals surface area contributed by atoms with Crippen molar-refractivity contribution in [3.05, 3.63) is 53.3 Å². The highest BCUT2D eigenvalue weighted by Gasteiger charge is 2.40. The van der Waals surface area contributed by atoms with Gasteiger partial charge in [0.1, 0.15) is 35.7 Å². The largest absolute Gasteiger partial charge is 0.497 e. The molecule has 2 atom stereocenters. The molecule has 1 amide bonds. The number of hydrogen-bond acceptors (Lipinski definition) is 5. The van der Waals surface area contributed by atoms with Crippen LogP contribution in [0, 0.1) is 5.82 Å². The second-order valence-corrected chi connectivity index (χ2v) is 8.01. The van der Waals surface area contributed by atoms with Crippen molar-refractivity contribution in [2.24, 2.45) is 0 Å². The highest BCUT2D eigenvalue weighted by molar-refractivity contribution is 5.97. The van der Waals surface area contributed by atoms with Gasteiger partial charge in [0, 0.05) is 18.5 Å². The lowest BCUT2D eigenvalue weighted by atomic mass is 9.91. The number of nitrogens with one attached hydrogen (secondary N) is 1. The van der Waals surface area contributed by atoms with E-state index < -0.39 is 17.6 Å². The number of methoxy groups -OCH3 is 1. The van der Waals surface area contributed by atoms with E-state index in [0.29, 0.717) is 30.0 Å². The summed E-state index contributed by atoms with van der Waals surface area (Å²) in [6.07, 6.45) is -0.701. The summed E-state index contributed by atoms with van der Waals surface area (Å²) in [7, 11) is 1.57. The Morgan fingerprint density at radius 3 is 2.66 bits per heavy atom. The van der Waals surface area contributed by atoms with E-state index in [0.717, 1.165) is 5.56 Å². The van der Waals surface area contributed by atoms with Gasteiger partial charge in [-0.1, -0.05) is 12.1 Å². The lowest BCUT2D eigenvalue weighted by molar-refractivity contribution is -0.119. The first kappa shape index (κ1) is 24.2. The summed E-state index contributed by atoms with van der Waals surface area (Å²) in [4.78, 5) is 14.1. The molecule has 2 aromatic rings. The maximum atomic E-state index is 14.8. The zero-order chi connectivity index (χ0) is 22.0. The number of carbonyl (C=O) groups excluding carboxylic acids is 1. The lowest BCUT2D eigenvalue weighted by Crippen LogP contribution is -2.55. The number of benzene rings is 2. The van der Waals surface area contributed by atoms with Gasteiger partial charge in [-0.15, -0.1) is 12.4 Å². The third-order valence-corrected chi connectivity index (χ3v) is 5.97. The van der Waals surface area contributed by atoms with Gasteiger partial charge in [0.25, 0.3) is 0 Å². The van der Waals surface area contributed by atoms with Gasteiger partial charge >= 0.3 is 0 Å². The monoisotopic (exact) mass is 468 g/mol. The molecule has 2 aliphatic rings. The summed E-state index contributed by atoms with van der Waals surface area (Å²) >= 11 is 0. The van der Waals surface area contributed by atoms with E-state index in [2.05, 4.69) is 5.32 Å². The Morgan fingerprint density at radius 1 is 1.22 bits per heavy atom. The second-order valence-electron chi connectivity index (χ2n) is 8.01. The Bertz CT molecular complexity index is 960. The molecule has 2 aromatic carbocycles. The second kappa shape index (κ2) is 10.0. The summed E-state index contributed by atoms with van der Waals surface area (Å²) in [6, 6.07) is 9.95. The Hall–Kier alpha value is -2.42. The van der Waals surface area contributed by atoms with Crippen molar-refractivity contribution >= 4 is 24.0 Å². The molecule has 2 N–H and O–H groups in total. The molecule has 2 aliphatic heterocycles. The number of aliphatic hydroxyl groups is 1. The van der Waals surface area contributed by atoms with Crippen LogP contribution in [0.4, 0.5) is 14.5 Å². The van der Waals surface area contributed by atoms with Crippen molar-refractivity contribution in [3.63, 3.8) is 0 Å². The maximum absolute atomic E-state index is 14.8. The number of hydrogen-bond donors (Lipinski definition) is 2. The zero-order valence-electron chi connectivity index (χ0n) is 17.8. The topological polar surface area (TPSA) is 71.0 Å². The summed E-state index contributed by atoms with van der Waals surface area (Å²) in [5, 5.41) is 13.5.